The molecule has 1 rings (SSSR count). The van der Waals surface area contributed by atoms with Gasteiger partial charge in [-0.2, -0.15) is 0 Å². The van der Waals surface area contributed by atoms with Crippen LogP contribution in [0.2, 0.25) is 0 Å². The Balaban J connectivity index is 2.92. The lowest BCUT2D eigenvalue weighted by Crippen LogP contribution is -2.22. The molecule has 11 heavy (non-hydrogen) atoms. The average molecular weight is 236 g/mol. The van der Waals surface area contributed by atoms with Gasteiger partial charge in [-0.3, -0.25) is 0 Å². The zero-order chi connectivity index (χ0) is 8.48. The summed E-state index contributed by atoms with van der Waals surface area (Å²) in [4.78, 5) is 4.23. The molecule has 0 saturated heterocycles. The third kappa shape index (κ3) is 2.01. The number of aliphatic hydroxyl groups excluding tert-OH is 1. The molecule has 1 heterocycles. The van der Waals surface area contributed by atoms with E-state index in [1.807, 2.05) is 19.2 Å². The van der Waals surface area contributed by atoms with Gasteiger partial charge in [0.1, 0.15) is 0 Å². The van der Waals surface area contributed by atoms with Gasteiger partial charge in [0.25, 0.3) is 0 Å². The van der Waals surface area contributed by atoms with E-state index in [9.17, 15) is 0 Å². The van der Waals surface area contributed by atoms with E-state index in [0.717, 1.165) is 9.61 Å². The first-order valence-corrected chi connectivity index (χ1v) is 4.96. The Hall–Kier alpha value is 0.0700. The lowest BCUT2D eigenvalue weighted by Gasteiger charge is -2.17. The Morgan fingerprint density at radius 1 is 1.73 bits per heavy atom. The van der Waals surface area contributed by atoms with Crippen molar-refractivity contribution in [1.29, 1.82) is 0 Å². The van der Waals surface area contributed by atoms with Crippen molar-refractivity contribution in [2.75, 3.05) is 6.61 Å². The van der Waals surface area contributed by atoms with Gasteiger partial charge in [0.05, 0.1) is 12.3 Å². The molecule has 1 N–H and O–H groups in total. The number of halogens is 1. The normalized spacial score (nSPS) is 12.0. The summed E-state index contributed by atoms with van der Waals surface area (Å²) in [5.74, 6) is 0. The lowest BCUT2D eigenvalue weighted by molar-refractivity contribution is 0.215. The minimum absolute atomic E-state index is 0.128. The minimum Gasteiger partial charge on any atom is -0.395 e. The van der Waals surface area contributed by atoms with Crippen LogP contribution in [0, 0.1) is 0 Å². The molecular formula is C7H10BrNOS. The SMILES string of the molecule is CC(C)(CO)c1csc(Br)n1. The summed E-state index contributed by atoms with van der Waals surface area (Å²) in [6.45, 7) is 4.06. The van der Waals surface area contributed by atoms with E-state index in [1.165, 1.54) is 0 Å². The average Bonchev–Trinajstić information content (AvgIpc) is 2.36. The van der Waals surface area contributed by atoms with Crippen LogP contribution in [0.5, 0.6) is 0 Å². The summed E-state index contributed by atoms with van der Waals surface area (Å²) in [6.07, 6.45) is 0. The monoisotopic (exact) mass is 235 g/mol. The lowest BCUT2D eigenvalue weighted by atomic mass is 9.92. The summed E-state index contributed by atoms with van der Waals surface area (Å²) in [5, 5.41) is 11.0. The Kier molecular flexibility index (Phi) is 2.67. The fourth-order valence-electron chi connectivity index (χ4n) is 0.644. The van der Waals surface area contributed by atoms with Gasteiger partial charge in [-0.1, -0.05) is 13.8 Å². The molecule has 0 spiro atoms. The molecule has 0 aliphatic heterocycles. The number of hydrogen-bond acceptors (Lipinski definition) is 3. The number of thiazole rings is 1. The van der Waals surface area contributed by atoms with E-state index in [4.69, 9.17) is 5.11 Å². The summed E-state index contributed by atoms with van der Waals surface area (Å²) < 4.78 is 0.869. The molecule has 0 aliphatic carbocycles. The highest BCUT2D eigenvalue weighted by atomic mass is 79.9. The molecule has 0 atom stereocenters. The first kappa shape index (κ1) is 9.16. The maximum Gasteiger partial charge on any atom is 0.159 e. The molecule has 0 fully saturated rings. The predicted octanol–water partition coefficient (Wildman–Crippen LogP) is 2.18. The van der Waals surface area contributed by atoms with Crippen molar-refractivity contribution in [3.8, 4) is 0 Å². The summed E-state index contributed by atoms with van der Waals surface area (Å²) in [6, 6.07) is 0. The maximum atomic E-state index is 9.01. The molecule has 0 radical (unpaired) electrons. The molecule has 0 unspecified atom stereocenters. The largest absolute Gasteiger partial charge is 0.395 e. The van der Waals surface area contributed by atoms with Gasteiger partial charge in [-0.15, -0.1) is 11.3 Å². The van der Waals surface area contributed by atoms with Gasteiger partial charge in [0.2, 0.25) is 0 Å². The van der Waals surface area contributed by atoms with Crippen LogP contribution in [0.25, 0.3) is 0 Å². The van der Waals surface area contributed by atoms with Gasteiger partial charge in [-0.05, 0) is 15.9 Å². The van der Waals surface area contributed by atoms with Crippen molar-refractivity contribution in [3.05, 3.63) is 15.0 Å². The van der Waals surface area contributed by atoms with Crippen molar-refractivity contribution in [1.82, 2.24) is 4.98 Å². The van der Waals surface area contributed by atoms with E-state index in [2.05, 4.69) is 20.9 Å². The highest BCUT2D eigenvalue weighted by molar-refractivity contribution is 9.11. The van der Waals surface area contributed by atoms with Crippen LogP contribution >= 0.6 is 27.3 Å². The van der Waals surface area contributed by atoms with Crippen LogP contribution in [0.1, 0.15) is 19.5 Å². The van der Waals surface area contributed by atoms with Gasteiger partial charge in [0, 0.05) is 10.8 Å². The van der Waals surface area contributed by atoms with Crippen molar-refractivity contribution in [3.63, 3.8) is 0 Å². The Morgan fingerprint density at radius 2 is 2.36 bits per heavy atom. The van der Waals surface area contributed by atoms with Crippen molar-refractivity contribution in [2.24, 2.45) is 0 Å². The second-order valence-corrected chi connectivity index (χ2v) is 5.16. The minimum atomic E-state index is -0.220. The maximum absolute atomic E-state index is 9.01. The smallest absolute Gasteiger partial charge is 0.159 e. The molecule has 2 nitrogen and oxygen atoms in total. The summed E-state index contributed by atoms with van der Waals surface area (Å²) in [7, 11) is 0. The predicted molar refractivity (Wildman–Crippen MR) is 49.9 cm³/mol. The van der Waals surface area contributed by atoms with Crippen molar-refractivity contribution >= 4 is 27.3 Å². The topological polar surface area (TPSA) is 33.1 Å². The quantitative estimate of drug-likeness (QED) is 0.853. The third-order valence-corrected chi connectivity index (χ3v) is 2.93. The van der Waals surface area contributed by atoms with Crippen LogP contribution in [0.4, 0.5) is 0 Å². The Morgan fingerprint density at radius 3 is 2.73 bits per heavy atom. The van der Waals surface area contributed by atoms with E-state index >= 15 is 0 Å². The van der Waals surface area contributed by atoms with Gasteiger partial charge in [-0.25, -0.2) is 4.98 Å². The second kappa shape index (κ2) is 3.21. The molecule has 1 aromatic rings. The van der Waals surface area contributed by atoms with Crippen LogP contribution < -0.4 is 0 Å². The molecule has 0 amide bonds. The number of hydrogen-bond donors (Lipinski definition) is 1. The zero-order valence-corrected chi connectivity index (χ0v) is 8.87. The molecule has 4 heteroatoms. The zero-order valence-electron chi connectivity index (χ0n) is 6.47. The highest BCUT2D eigenvalue weighted by Gasteiger charge is 2.21. The van der Waals surface area contributed by atoms with E-state index in [-0.39, 0.29) is 12.0 Å². The van der Waals surface area contributed by atoms with Crippen LogP contribution in [-0.4, -0.2) is 16.7 Å². The molecular weight excluding hydrogens is 226 g/mol. The van der Waals surface area contributed by atoms with Crippen molar-refractivity contribution in [2.45, 2.75) is 19.3 Å². The molecule has 0 aliphatic rings. The number of aliphatic hydroxyl groups is 1. The fraction of sp³-hybridized carbons (Fsp3) is 0.571. The molecule has 0 aromatic carbocycles. The number of rotatable bonds is 2. The van der Waals surface area contributed by atoms with Crippen LogP contribution in [0.3, 0.4) is 0 Å². The van der Waals surface area contributed by atoms with Crippen LogP contribution in [-0.2, 0) is 5.41 Å². The first-order chi connectivity index (χ1) is 5.06. The first-order valence-electron chi connectivity index (χ1n) is 3.28. The van der Waals surface area contributed by atoms with Crippen LogP contribution in [0.15, 0.2) is 9.30 Å². The van der Waals surface area contributed by atoms with E-state index in [1.54, 1.807) is 11.3 Å². The van der Waals surface area contributed by atoms with Crippen molar-refractivity contribution < 1.29 is 5.11 Å². The Labute approximate surface area is 78.4 Å². The Bertz CT molecular complexity index is 246. The number of aromatic nitrogens is 1. The van der Waals surface area contributed by atoms with E-state index < -0.39 is 0 Å². The summed E-state index contributed by atoms with van der Waals surface area (Å²) in [5.41, 5.74) is 0.722. The fourth-order valence-corrected chi connectivity index (χ4v) is 1.85. The van der Waals surface area contributed by atoms with Gasteiger partial charge in [0.15, 0.2) is 3.92 Å². The number of nitrogens with zero attached hydrogens (tertiary/aromatic N) is 1. The molecule has 62 valence electrons. The van der Waals surface area contributed by atoms with E-state index in [0.29, 0.717) is 0 Å². The summed E-state index contributed by atoms with van der Waals surface area (Å²) >= 11 is 4.82. The standard InChI is InChI=1S/C7H10BrNOS/c1-7(2,4-10)5-3-11-6(8)9-5/h3,10H,4H2,1-2H3. The highest BCUT2D eigenvalue weighted by Crippen LogP contribution is 2.26. The molecule has 1 aromatic heterocycles. The molecule has 0 saturated carbocycles. The van der Waals surface area contributed by atoms with Gasteiger partial charge < -0.3 is 5.11 Å². The molecule has 0 bridgehead atoms. The third-order valence-electron chi connectivity index (χ3n) is 1.56. The van der Waals surface area contributed by atoms with Gasteiger partial charge >= 0.3 is 0 Å². The second-order valence-electron chi connectivity index (χ2n) is 3.03.